The second-order valence-corrected chi connectivity index (χ2v) is 8.72. The maximum atomic E-state index is 12.4. The zero-order chi connectivity index (χ0) is 18.6. The van der Waals surface area contributed by atoms with Crippen LogP contribution < -0.4 is 4.74 Å². The average Bonchev–Trinajstić information content (AvgIpc) is 2.64. The van der Waals surface area contributed by atoms with Crippen molar-refractivity contribution >= 4 is 5.97 Å². The number of hydrogen-bond acceptors (Lipinski definition) is 3. The molecule has 2 fully saturated rings. The Morgan fingerprint density at radius 2 is 1.85 bits per heavy atom. The number of piperidine rings is 2. The summed E-state index contributed by atoms with van der Waals surface area (Å²) in [4.78, 5) is 12.4. The quantitative estimate of drug-likeness (QED) is 0.561. The number of hydrogen-bond donors (Lipinski definition) is 0. The van der Waals surface area contributed by atoms with Gasteiger partial charge < -0.3 is 14.0 Å². The number of ether oxygens (including phenoxy) is 2. The molecule has 0 aliphatic carbocycles. The minimum absolute atomic E-state index is 0.212. The van der Waals surface area contributed by atoms with Crippen LogP contribution in [0.3, 0.4) is 0 Å². The summed E-state index contributed by atoms with van der Waals surface area (Å²) < 4.78 is 12.6. The molecule has 26 heavy (non-hydrogen) atoms. The van der Waals surface area contributed by atoms with E-state index in [1.165, 1.54) is 49.7 Å². The van der Waals surface area contributed by atoms with E-state index in [0.717, 1.165) is 5.75 Å². The highest BCUT2D eigenvalue weighted by atomic mass is 16.5. The van der Waals surface area contributed by atoms with Gasteiger partial charge in [0, 0.05) is 12.3 Å². The molecule has 0 aromatic heterocycles. The molecule has 1 aromatic rings. The first-order valence-electron chi connectivity index (χ1n) is 10.2. The fraction of sp³-hybridized carbons (Fsp3) is 0.682. The Kier molecular flexibility index (Phi) is 6.23. The van der Waals surface area contributed by atoms with Crippen molar-refractivity contribution < 1.29 is 18.8 Å². The molecule has 0 spiro atoms. The number of benzene rings is 1. The molecule has 2 saturated heterocycles. The fourth-order valence-corrected chi connectivity index (χ4v) is 4.64. The molecule has 144 valence electrons. The van der Waals surface area contributed by atoms with E-state index in [1.807, 2.05) is 12.1 Å². The van der Waals surface area contributed by atoms with Gasteiger partial charge in [-0.3, -0.25) is 0 Å². The highest BCUT2D eigenvalue weighted by molar-refractivity contribution is 5.89. The summed E-state index contributed by atoms with van der Waals surface area (Å²) in [6.07, 6.45) is 6.37. The van der Waals surface area contributed by atoms with Gasteiger partial charge in [-0.15, -0.1) is 0 Å². The third-order valence-electron chi connectivity index (χ3n) is 6.11. The number of quaternary nitrogens is 1. The molecule has 2 aliphatic heterocycles. The van der Waals surface area contributed by atoms with Crippen molar-refractivity contribution in [2.45, 2.75) is 52.0 Å². The molecule has 4 heteroatoms. The van der Waals surface area contributed by atoms with Crippen LogP contribution in [-0.2, 0) is 4.74 Å². The lowest BCUT2D eigenvalue weighted by Gasteiger charge is -2.51. The molecule has 2 unspecified atom stereocenters. The summed E-state index contributed by atoms with van der Waals surface area (Å²) >= 11 is 0. The number of nitrogens with zero attached hydrogens (tertiary/aromatic N) is 1. The zero-order valence-electron chi connectivity index (χ0n) is 16.6. The molecule has 0 N–H and O–H groups in total. The predicted octanol–water partition coefficient (Wildman–Crippen LogP) is 4.29. The normalized spacial score (nSPS) is 28.5. The first kappa shape index (κ1) is 19.2. The van der Waals surface area contributed by atoms with Crippen molar-refractivity contribution in [3.8, 4) is 5.75 Å². The Labute approximate surface area is 158 Å². The molecule has 0 amide bonds. The van der Waals surface area contributed by atoms with Gasteiger partial charge in [0.15, 0.2) is 0 Å². The zero-order valence-corrected chi connectivity index (χ0v) is 16.6. The fourth-order valence-electron chi connectivity index (χ4n) is 4.64. The van der Waals surface area contributed by atoms with E-state index in [-0.39, 0.29) is 5.97 Å². The molecule has 1 aromatic carbocycles. The van der Waals surface area contributed by atoms with Gasteiger partial charge in [0.1, 0.15) is 12.4 Å². The van der Waals surface area contributed by atoms with Crippen molar-refractivity contribution in [1.29, 1.82) is 0 Å². The second kappa shape index (κ2) is 8.43. The molecular weight excluding hydrogens is 326 g/mol. The first-order chi connectivity index (χ1) is 12.5. The first-order valence-corrected chi connectivity index (χ1v) is 10.2. The SMILES string of the molecule is CC(C)COc1ccc(C(=O)OC[C@H]2CCC[N+]3(C)CCCCC23)cc1. The van der Waals surface area contributed by atoms with E-state index in [2.05, 4.69) is 20.9 Å². The van der Waals surface area contributed by atoms with Gasteiger partial charge in [-0.25, -0.2) is 4.79 Å². The topological polar surface area (TPSA) is 35.5 Å². The summed E-state index contributed by atoms with van der Waals surface area (Å²) in [6.45, 7) is 8.05. The number of esters is 1. The lowest BCUT2D eigenvalue weighted by atomic mass is 9.82. The van der Waals surface area contributed by atoms with Crippen molar-refractivity contribution in [3.05, 3.63) is 29.8 Å². The number of rotatable bonds is 6. The van der Waals surface area contributed by atoms with Crippen molar-refractivity contribution in [3.63, 3.8) is 0 Å². The molecule has 0 bridgehead atoms. The number of fused-ring (bicyclic) bond motifs is 1. The van der Waals surface area contributed by atoms with Crippen molar-refractivity contribution in [2.24, 2.45) is 11.8 Å². The van der Waals surface area contributed by atoms with Crippen LogP contribution in [0.4, 0.5) is 0 Å². The largest absolute Gasteiger partial charge is 0.493 e. The summed E-state index contributed by atoms with van der Waals surface area (Å²) in [5.74, 6) is 1.58. The highest BCUT2D eigenvalue weighted by Gasteiger charge is 2.43. The second-order valence-electron chi connectivity index (χ2n) is 8.72. The maximum absolute atomic E-state index is 12.4. The van der Waals surface area contributed by atoms with Gasteiger partial charge in [-0.05, 0) is 55.9 Å². The molecule has 0 radical (unpaired) electrons. The number of carbonyl (C=O) groups is 1. The smallest absolute Gasteiger partial charge is 0.338 e. The van der Waals surface area contributed by atoms with Gasteiger partial charge in [-0.1, -0.05) is 13.8 Å². The lowest BCUT2D eigenvalue weighted by molar-refractivity contribution is -0.947. The van der Waals surface area contributed by atoms with E-state index in [1.54, 1.807) is 12.1 Å². The van der Waals surface area contributed by atoms with Gasteiger partial charge in [-0.2, -0.15) is 0 Å². The van der Waals surface area contributed by atoms with Gasteiger partial charge >= 0.3 is 5.97 Å². The van der Waals surface area contributed by atoms with E-state index in [0.29, 0.717) is 36.7 Å². The molecule has 3 atom stereocenters. The Hall–Kier alpha value is -1.55. The summed E-state index contributed by atoms with van der Waals surface area (Å²) in [6, 6.07) is 7.99. The van der Waals surface area contributed by atoms with Crippen LogP contribution in [0.1, 0.15) is 56.3 Å². The monoisotopic (exact) mass is 360 g/mol. The molecule has 2 heterocycles. The number of carbonyl (C=O) groups excluding carboxylic acids is 1. The molecular formula is C22H34NO3+. The van der Waals surface area contributed by atoms with Crippen LogP contribution in [0.5, 0.6) is 5.75 Å². The van der Waals surface area contributed by atoms with Gasteiger partial charge in [0.2, 0.25) is 0 Å². The summed E-state index contributed by atoms with van der Waals surface area (Å²) in [7, 11) is 2.40. The van der Waals surface area contributed by atoms with E-state index in [9.17, 15) is 4.79 Å². The van der Waals surface area contributed by atoms with Crippen LogP contribution in [0.2, 0.25) is 0 Å². The Balaban J connectivity index is 1.53. The van der Waals surface area contributed by atoms with Crippen LogP contribution in [0.25, 0.3) is 0 Å². The van der Waals surface area contributed by atoms with Gasteiger partial charge in [0.05, 0.1) is 38.3 Å². The van der Waals surface area contributed by atoms with Crippen LogP contribution in [0, 0.1) is 11.8 Å². The van der Waals surface area contributed by atoms with Gasteiger partial charge in [0.25, 0.3) is 0 Å². The van der Waals surface area contributed by atoms with Crippen molar-refractivity contribution in [2.75, 3.05) is 33.4 Å². The van der Waals surface area contributed by atoms with E-state index in [4.69, 9.17) is 9.47 Å². The summed E-state index contributed by atoms with van der Waals surface area (Å²) in [5.41, 5.74) is 0.610. The molecule has 0 saturated carbocycles. The minimum atomic E-state index is -0.212. The van der Waals surface area contributed by atoms with Crippen LogP contribution in [0.15, 0.2) is 24.3 Å². The molecule has 4 nitrogen and oxygen atoms in total. The highest BCUT2D eigenvalue weighted by Crippen LogP contribution is 2.36. The maximum Gasteiger partial charge on any atom is 0.338 e. The minimum Gasteiger partial charge on any atom is -0.493 e. The third-order valence-corrected chi connectivity index (χ3v) is 6.11. The standard InChI is InChI=1S/C22H34NO3/c1-17(2)15-25-20-11-9-18(10-12-20)22(24)26-16-19-7-6-14-23(3)13-5-4-8-21(19)23/h9-12,17,19,21H,4-8,13-16H2,1-3H3/q+1/t19-,21?,23?/m1/s1. The third kappa shape index (κ3) is 4.59. The van der Waals surface area contributed by atoms with Crippen LogP contribution in [-0.4, -0.2) is 49.8 Å². The summed E-state index contributed by atoms with van der Waals surface area (Å²) in [5, 5.41) is 0. The Morgan fingerprint density at radius 3 is 2.58 bits per heavy atom. The Bertz CT molecular complexity index is 594. The average molecular weight is 361 g/mol. The van der Waals surface area contributed by atoms with Crippen molar-refractivity contribution in [1.82, 2.24) is 0 Å². The van der Waals surface area contributed by atoms with E-state index >= 15 is 0 Å². The molecule has 3 rings (SSSR count). The molecule has 2 aliphatic rings. The lowest BCUT2D eigenvalue weighted by Crippen LogP contribution is -2.61. The van der Waals surface area contributed by atoms with Crippen LogP contribution >= 0.6 is 0 Å². The Morgan fingerprint density at radius 1 is 1.12 bits per heavy atom. The predicted molar refractivity (Wildman–Crippen MR) is 103 cm³/mol. The van der Waals surface area contributed by atoms with E-state index < -0.39 is 0 Å².